The fourth-order valence-corrected chi connectivity index (χ4v) is 2.67. The summed E-state index contributed by atoms with van der Waals surface area (Å²) in [5.74, 6) is 4.97. The maximum absolute atomic E-state index is 11.2. The van der Waals surface area contributed by atoms with Gasteiger partial charge in [-0.3, -0.25) is 10.6 Å². The summed E-state index contributed by atoms with van der Waals surface area (Å²) >= 11 is 1.54. The van der Waals surface area contributed by atoms with Gasteiger partial charge in [-0.15, -0.1) is 11.3 Å². The topological polar surface area (TPSA) is 78.6 Å². The number of amides is 2. The molecule has 0 aliphatic rings. The zero-order chi connectivity index (χ0) is 12.4. The minimum absolute atomic E-state index is 0.434. The lowest BCUT2D eigenvalue weighted by atomic mass is 10.2. The van der Waals surface area contributed by atoms with Crippen LogP contribution in [0.15, 0.2) is 30.3 Å². The number of urea groups is 1. The van der Waals surface area contributed by atoms with Crippen LogP contribution in [0.1, 0.15) is 17.8 Å². The lowest BCUT2D eigenvalue weighted by Gasteiger charge is -2.20. The normalized spacial score (nSPS) is 12.4. The van der Waals surface area contributed by atoms with Gasteiger partial charge in [-0.05, 0) is 24.4 Å². The molecule has 1 atom stereocenters. The summed E-state index contributed by atoms with van der Waals surface area (Å²) < 4.78 is 1.12. The third kappa shape index (κ3) is 2.23. The summed E-state index contributed by atoms with van der Waals surface area (Å²) in [6.45, 7) is 1.74. The molecule has 1 heterocycles. The number of benzene rings is 1. The Balaban J connectivity index is 2.30. The summed E-state index contributed by atoms with van der Waals surface area (Å²) in [7, 11) is 0. The van der Waals surface area contributed by atoms with Crippen LogP contribution in [0, 0.1) is 0 Å². The molecule has 0 saturated carbocycles. The molecule has 0 aliphatic heterocycles. The number of hydrazine groups is 1. The Morgan fingerprint density at radius 2 is 2.24 bits per heavy atom. The van der Waals surface area contributed by atoms with Gasteiger partial charge in [-0.25, -0.2) is 10.6 Å². The van der Waals surface area contributed by atoms with E-state index in [1.807, 2.05) is 35.8 Å². The molecule has 17 heavy (non-hydrogen) atoms. The van der Waals surface area contributed by atoms with E-state index in [9.17, 15) is 10.0 Å². The molecule has 2 aromatic rings. The molecule has 2 amide bonds. The van der Waals surface area contributed by atoms with Gasteiger partial charge < -0.3 is 0 Å². The van der Waals surface area contributed by atoms with Crippen LogP contribution in [0.3, 0.4) is 0 Å². The van der Waals surface area contributed by atoms with Gasteiger partial charge in [-0.1, -0.05) is 18.2 Å². The van der Waals surface area contributed by atoms with Crippen molar-refractivity contribution in [3.05, 3.63) is 35.2 Å². The minimum Gasteiger partial charge on any atom is -0.284 e. The average Bonchev–Trinajstić information content (AvgIpc) is 2.79. The zero-order valence-electron chi connectivity index (χ0n) is 9.25. The second-order valence-corrected chi connectivity index (χ2v) is 4.77. The predicted octanol–water partition coefficient (Wildman–Crippen LogP) is 2.24. The van der Waals surface area contributed by atoms with Gasteiger partial charge in [0.2, 0.25) is 0 Å². The van der Waals surface area contributed by atoms with Gasteiger partial charge in [0.15, 0.2) is 0 Å². The number of carbonyl (C=O) groups excluding carboxylic acids is 1. The smallest absolute Gasteiger partial charge is 0.284 e. The van der Waals surface area contributed by atoms with E-state index in [4.69, 9.17) is 5.84 Å². The van der Waals surface area contributed by atoms with Crippen molar-refractivity contribution in [3.8, 4) is 0 Å². The van der Waals surface area contributed by atoms with Crippen molar-refractivity contribution in [1.29, 1.82) is 0 Å². The molecular formula is C11H13N3O2S. The molecule has 1 unspecified atom stereocenters. The van der Waals surface area contributed by atoms with E-state index in [2.05, 4.69) is 0 Å². The molecule has 0 fully saturated rings. The van der Waals surface area contributed by atoms with Crippen LogP contribution in [0.5, 0.6) is 0 Å². The number of hydrogen-bond acceptors (Lipinski definition) is 4. The Morgan fingerprint density at radius 1 is 1.53 bits per heavy atom. The third-order valence-electron chi connectivity index (χ3n) is 2.55. The minimum atomic E-state index is -0.727. The molecule has 0 spiro atoms. The van der Waals surface area contributed by atoms with Crippen LogP contribution in [0.2, 0.25) is 0 Å². The summed E-state index contributed by atoms with van der Waals surface area (Å²) in [4.78, 5) is 12.1. The molecule has 4 N–H and O–H groups in total. The number of hydroxylamine groups is 2. The van der Waals surface area contributed by atoms with Gasteiger partial charge in [0.25, 0.3) is 0 Å². The maximum Gasteiger partial charge on any atom is 0.355 e. The number of thiophene rings is 1. The van der Waals surface area contributed by atoms with Crippen molar-refractivity contribution >= 4 is 27.5 Å². The largest absolute Gasteiger partial charge is 0.355 e. The molecule has 0 aliphatic carbocycles. The molecule has 0 saturated heterocycles. The monoisotopic (exact) mass is 251 g/mol. The molecule has 1 aromatic heterocycles. The highest BCUT2D eigenvalue weighted by Crippen LogP contribution is 2.31. The highest BCUT2D eigenvalue weighted by molar-refractivity contribution is 7.19. The first-order valence-corrected chi connectivity index (χ1v) is 5.92. The van der Waals surface area contributed by atoms with E-state index in [1.54, 1.807) is 6.92 Å². The van der Waals surface area contributed by atoms with Crippen molar-refractivity contribution in [1.82, 2.24) is 10.5 Å². The average molecular weight is 251 g/mol. The van der Waals surface area contributed by atoms with Crippen LogP contribution in [-0.2, 0) is 0 Å². The van der Waals surface area contributed by atoms with Crippen molar-refractivity contribution in [2.45, 2.75) is 13.0 Å². The Labute approximate surface area is 102 Å². The molecular weight excluding hydrogens is 238 g/mol. The van der Waals surface area contributed by atoms with E-state index < -0.39 is 12.1 Å². The fraction of sp³-hybridized carbons (Fsp3) is 0.182. The Bertz CT molecular complexity index is 507. The van der Waals surface area contributed by atoms with Gasteiger partial charge >= 0.3 is 6.03 Å². The molecule has 1 aromatic carbocycles. The number of nitrogens with zero attached hydrogens (tertiary/aromatic N) is 1. The van der Waals surface area contributed by atoms with Crippen molar-refractivity contribution in [2.24, 2.45) is 5.84 Å². The molecule has 0 radical (unpaired) electrons. The highest BCUT2D eigenvalue weighted by Gasteiger charge is 2.20. The van der Waals surface area contributed by atoms with Crippen molar-refractivity contribution in [2.75, 3.05) is 0 Å². The maximum atomic E-state index is 11.2. The molecule has 2 rings (SSSR count). The van der Waals surface area contributed by atoms with Gasteiger partial charge in [0.05, 0.1) is 6.04 Å². The van der Waals surface area contributed by atoms with Crippen molar-refractivity contribution in [3.63, 3.8) is 0 Å². The summed E-state index contributed by atoms with van der Waals surface area (Å²) in [6, 6.07) is 8.69. The summed E-state index contributed by atoms with van der Waals surface area (Å²) in [5, 5.41) is 11.3. The lowest BCUT2D eigenvalue weighted by molar-refractivity contribution is -0.0734. The first-order chi connectivity index (χ1) is 8.13. The fourth-order valence-electron chi connectivity index (χ4n) is 1.57. The molecule has 6 heteroatoms. The Hall–Kier alpha value is -1.63. The first kappa shape index (κ1) is 11.8. The first-order valence-electron chi connectivity index (χ1n) is 5.10. The number of nitrogens with two attached hydrogens (primary N) is 1. The summed E-state index contributed by atoms with van der Waals surface area (Å²) in [6.07, 6.45) is 0. The van der Waals surface area contributed by atoms with Crippen LogP contribution in [0.4, 0.5) is 4.79 Å². The van der Waals surface area contributed by atoms with E-state index in [0.29, 0.717) is 5.06 Å². The second-order valence-electron chi connectivity index (χ2n) is 3.66. The van der Waals surface area contributed by atoms with E-state index in [-0.39, 0.29) is 0 Å². The van der Waals surface area contributed by atoms with E-state index in [0.717, 1.165) is 15.0 Å². The quantitative estimate of drug-likeness (QED) is 0.331. The highest BCUT2D eigenvalue weighted by atomic mass is 32.1. The van der Waals surface area contributed by atoms with E-state index >= 15 is 0 Å². The van der Waals surface area contributed by atoms with Gasteiger partial charge in [-0.2, -0.15) is 5.06 Å². The molecule has 5 nitrogen and oxygen atoms in total. The van der Waals surface area contributed by atoms with Crippen LogP contribution >= 0.6 is 11.3 Å². The van der Waals surface area contributed by atoms with Gasteiger partial charge in [0, 0.05) is 9.58 Å². The summed E-state index contributed by atoms with van der Waals surface area (Å²) in [5.41, 5.74) is 1.89. The van der Waals surface area contributed by atoms with Gasteiger partial charge in [0.1, 0.15) is 0 Å². The van der Waals surface area contributed by atoms with Crippen LogP contribution < -0.4 is 11.3 Å². The van der Waals surface area contributed by atoms with E-state index in [1.165, 1.54) is 11.3 Å². The van der Waals surface area contributed by atoms with Crippen LogP contribution in [-0.4, -0.2) is 16.3 Å². The number of hydrogen-bond donors (Lipinski definition) is 3. The van der Waals surface area contributed by atoms with Crippen molar-refractivity contribution < 1.29 is 10.0 Å². The number of nitrogens with one attached hydrogen (secondary N) is 1. The lowest BCUT2D eigenvalue weighted by Crippen LogP contribution is -2.42. The number of carbonyl (C=O) groups is 1. The second kappa shape index (κ2) is 4.70. The third-order valence-corrected chi connectivity index (χ3v) is 3.84. The number of rotatable bonds is 2. The SMILES string of the molecule is CC(c1cc2ccccc2s1)N(O)C(=O)NN. The molecule has 90 valence electrons. The Kier molecular flexibility index (Phi) is 3.28. The molecule has 0 bridgehead atoms. The van der Waals surface area contributed by atoms with Crippen LogP contribution in [0.25, 0.3) is 10.1 Å². The number of fused-ring (bicyclic) bond motifs is 1. The standard InChI is InChI=1S/C11H13N3O2S/c1-7(14(16)11(15)13-12)10-6-8-4-2-3-5-9(8)17-10/h2-7,16H,12H2,1H3,(H,13,15). The zero-order valence-corrected chi connectivity index (χ0v) is 10.1. The Morgan fingerprint density at radius 3 is 2.88 bits per heavy atom. The predicted molar refractivity (Wildman–Crippen MR) is 66.6 cm³/mol.